The number of hydrogen-bond donors (Lipinski definition) is 2. The summed E-state index contributed by atoms with van der Waals surface area (Å²) in [7, 11) is 2.48. The maximum absolute atomic E-state index is 12.6. The number of pyridine rings is 1. The fourth-order valence-corrected chi connectivity index (χ4v) is 2.64. The standard InChI is InChI=1S/C18H18F3NO5/c1-9(8-10-4-6-11(7-5-10)18(19,20)21)13(23)12-14(24)15(26-2)17(27-3)22-16(12)25/h4-7,9H,8H2,1-3H3,(H2,22,24,25). The SMILES string of the molecule is COc1[nH]c(=O)c(C(=O)C(C)Cc2ccc(C(F)(F)F)cc2)c(O)c1OC. The van der Waals surface area contributed by atoms with E-state index in [4.69, 9.17) is 9.47 Å². The molecule has 0 fully saturated rings. The lowest BCUT2D eigenvalue weighted by atomic mass is 9.92. The number of aromatic hydroxyl groups is 1. The molecular formula is C18H18F3NO5. The average Bonchev–Trinajstić information content (AvgIpc) is 2.60. The molecule has 0 bridgehead atoms. The molecule has 1 unspecified atom stereocenters. The van der Waals surface area contributed by atoms with Gasteiger partial charge in [0.1, 0.15) is 5.56 Å². The van der Waals surface area contributed by atoms with Gasteiger partial charge in [0, 0.05) is 5.92 Å². The van der Waals surface area contributed by atoms with Gasteiger partial charge in [0.15, 0.2) is 11.5 Å². The third kappa shape index (κ3) is 4.24. The van der Waals surface area contributed by atoms with Crippen molar-refractivity contribution in [1.82, 2.24) is 4.98 Å². The molecule has 1 heterocycles. The first-order valence-corrected chi connectivity index (χ1v) is 7.87. The lowest BCUT2D eigenvalue weighted by molar-refractivity contribution is -0.137. The maximum atomic E-state index is 12.6. The number of aromatic amines is 1. The molecule has 0 amide bonds. The summed E-state index contributed by atoms with van der Waals surface area (Å²) in [6.07, 6.45) is -4.36. The summed E-state index contributed by atoms with van der Waals surface area (Å²) in [5.74, 6) is -2.42. The molecule has 0 aliphatic rings. The van der Waals surface area contributed by atoms with Crippen molar-refractivity contribution in [2.24, 2.45) is 5.92 Å². The number of H-pyrrole nitrogens is 1. The zero-order valence-corrected chi connectivity index (χ0v) is 14.8. The first-order valence-electron chi connectivity index (χ1n) is 7.87. The lowest BCUT2D eigenvalue weighted by Crippen LogP contribution is -2.24. The van der Waals surface area contributed by atoms with Crippen LogP contribution in [0.4, 0.5) is 13.2 Å². The van der Waals surface area contributed by atoms with Crippen LogP contribution in [0.25, 0.3) is 0 Å². The molecule has 6 nitrogen and oxygen atoms in total. The highest BCUT2D eigenvalue weighted by Crippen LogP contribution is 2.36. The van der Waals surface area contributed by atoms with Crippen molar-refractivity contribution in [3.05, 3.63) is 51.3 Å². The Morgan fingerprint density at radius 1 is 1.19 bits per heavy atom. The Bertz CT molecular complexity index is 888. The van der Waals surface area contributed by atoms with Gasteiger partial charge >= 0.3 is 6.18 Å². The molecule has 9 heteroatoms. The largest absolute Gasteiger partial charge is 0.503 e. The van der Waals surface area contributed by atoms with Gasteiger partial charge in [-0.2, -0.15) is 13.2 Å². The van der Waals surface area contributed by atoms with Gasteiger partial charge in [-0.15, -0.1) is 0 Å². The Hall–Kier alpha value is -2.97. The molecule has 0 saturated heterocycles. The van der Waals surface area contributed by atoms with Crippen LogP contribution < -0.4 is 15.0 Å². The summed E-state index contributed by atoms with van der Waals surface area (Å²) in [6, 6.07) is 4.39. The van der Waals surface area contributed by atoms with E-state index in [-0.39, 0.29) is 18.1 Å². The van der Waals surface area contributed by atoms with Crippen molar-refractivity contribution >= 4 is 5.78 Å². The first kappa shape index (κ1) is 20.3. The topological polar surface area (TPSA) is 88.6 Å². The molecule has 0 aliphatic carbocycles. The van der Waals surface area contributed by atoms with Gasteiger partial charge in [0.05, 0.1) is 19.8 Å². The Balaban J connectivity index is 2.29. The van der Waals surface area contributed by atoms with Crippen LogP contribution in [0.1, 0.15) is 28.4 Å². The number of ketones is 1. The third-order valence-electron chi connectivity index (χ3n) is 4.04. The molecule has 1 aromatic carbocycles. The monoisotopic (exact) mass is 385 g/mol. The van der Waals surface area contributed by atoms with Crippen LogP contribution in [0.15, 0.2) is 29.1 Å². The van der Waals surface area contributed by atoms with E-state index in [1.165, 1.54) is 33.3 Å². The van der Waals surface area contributed by atoms with Crippen molar-refractivity contribution < 1.29 is 32.5 Å². The Labute approximate surface area is 152 Å². The van der Waals surface area contributed by atoms with E-state index in [1.54, 1.807) is 0 Å². The van der Waals surface area contributed by atoms with Gasteiger partial charge in [0.2, 0.25) is 11.6 Å². The van der Waals surface area contributed by atoms with Gasteiger partial charge < -0.3 is 14.6 Å². The number of halogens is 3. The van der Waals surface area contributed by atoms with Gasteiger partial charge in [-0.3, -0.25) is 14.6 Å². The minimum atomic E-state index is -4.45. The zero-order chi connectivity index (χ0) is 20.4. The number of alkyl halides is 3. The first-order chi connectivity index (χ1) is 12.6. The average molecular weight is 385 g/mol. The molecule has 2 rings (SSSR count). The highest BCUT2D eigenvalue weighted by molar-refractivity contribution is 6.00. The lowest BCUT2D eigenvalue weighted by Gasteiger charge is -2.15. The molecule has 1 atom stereocenters. The number of benzene rings is 1. The van der Waals surface area contributed by atoms with Crippen LogP contribution in [0.2, 0.25) is 0 Å². The fourth-order valence-electron chi connectivity index (χ4n) is 2.64. The van der Waals surface area contributed by atoms with Crippen molar-refractivity contribution in [2.75, 3.05) is 14.2 Å². The summed E-state index contributed by atoms with van der Waals surface area (Å²) < 4.78 is 47.7. The molecule has 0 radical (unpaired) electrons. The second-order valence-electron chi connectivity index (χ2n) is 5.91. The van der Waals surface area contributed by atoms with Crippen LogP contribution >= 0.6 is 0 Å². The summed E-state index contributed by atoms with van der Waals surface area (Å²) in [5, 5.41) is 10.2. The van der Waals surface area contributed by atoms with Crippen LogP contribution in [0, 0.1) is 5.92 Å². The van der Waals surface area contributed by atoms with Crippen LogP contribution in [0.5, 0.6) is 17.4 Å². The number of nitrogens with one attached hydrogen (secondary N) is 1. The Morgan fingerprint density at radius 2 is 1.78 bits per heavy atom. The highest BCUT2D eigenvalue weighted by atomic mass is 19.4. The van der Waals surface area contributed by atoms with Gasteiger partial charge in [-0.1, -0.05) is 19.1 Å². The van der Waals surface area contributed by atoms with Gasteiger partial charge in [0.25, 0.3) is 5.56 Å². The smallest absolute Gasteiger partial charge is 0.416 e. The Morgan fingerprint density at radius 3 is 2.26 bits per heavy atom. The summed E-state index contributed by atoms with van der Waals surface area (Å²) >= 11 is 0. The molecule has 0 spiro atoms. The second-order valence-corrected chi connectivity index (χ2v) is 5.91. The zero-order valence-electron chi connectivity index (χ0n) is 14.8. The summed E-state index contributed by atoms with van der Waals surface area (Å²) in [4.78, 5) is 27.1. The number of aromatic nitrogens is 1. The van der Waals surface area contributed by atoms with Crippen LogP contribution in [-0.4, -0.2) is 30.1 Å². The summed E-state index contributed by atoms with van der Waals surface area (Å²) in [5.41, 5.74) is -1.65. The number of ether oxygens (including phenoxy) is 2. The number of carbonyl (C=O) groups excluding carboxylic acids is 1. The van der Waals surface area contributed by atoms with E-state index in [1.807, 2.05) is 0 Å². The predicted molar refractivity (Wildman–Crippen MR) is 90.5 cm³/mol. The maximum Gasteiger partial charge on any atom is 0.416 e. The Kier molecular flexibility index (Phi) is 5.82. The number of rotatable bonds is 6. The highest BCUT2D eigenvalue weighted by Gasteiger charge is 2.30. The molecule has 0 aliphatic heterocycles. The number of carbonyl (C=O) groups is 1. The van der Waals surface area contributed by atoms with Crippen LogP contribution in [-0.2, 0) is 12.6 Å². The van der Waals surface area contributed by atoms with Crippen molar-refractivity contribution in [3.63, 3.8) is 0 Å². The quantitative estimate of drug-likeness (QED) is 0.746. The molecule has 0 saturated carbocycles. The van der Waals surface area contributed by atoms with E-state index in [0.717, 1.165) is 12.1 Å². The molecule has 2 aromatic rings. The van der Waals surface area contributed by atoms with Crippen molar-refractivity contribution in [3.8, 4) is 17.4 Å². The van der Waals surface area contributed by atoms with Crippen molar-refractivity contribution in [2.45, 2.75) is 19.5 Å². The van der Waals surface area contributed by atoms with E-state index in [9.17, 15) is 27.9 Å². The van der Waals surface area contributed by atoms with Crippen LogP contribution in [0.3, 0.4) is 0 Å². The molecule has 1 aromatic heterocycles. The minimum absolute atomic E-state index is 0.0875. The second kappa shape index (κ2) is 7.73. The van der Waals surface area contributed by atoms with E-state index < -0.39 is 40.3 Å². The fraction of sp³-hybridized carbons (Fsp3) is 0.333. The predicted octanol–water partition coefficient (Wildman–Crippen LogP) is 3.18. The van der Waals surface area contributed by atoms with E-state index in [0.29, 0.717) is 5.56 Å². The van der Waals surface area contributed by atoms with Crippen molar-refractivity contribution in [1.29, 1.82) is 0 Å². The number of methoxy groups -OCH3 is 2. The number of Topliss-reactive ketones (excluding diaryl/α,β-unsaturated/α-hetero) is 1. The van der Waals surface area contributed by atoms with E-state index in [2.05, 4.69) is 4.98 Å². The number of hydrogen-bond acceptors (Lipinski definition) is 5. The molecular weight excluding hydrogens is 367 g/mol. The van der Waals surface area contributed by atoms with E-state index >= 15 is 0 Å². The molecule has 27 heavy (non-hydrogen) atoms. The normalized spacial score (nSPS) is 12.5. The molecule has 2 N–H and O–H groups in total. The van der Waals surface area contributed by atoms with Gasteiger partial charge in [-0.05, 0) is 24.1 Å². The molecule has 146 valence electrons. The summed E-state index contributed by atoms with van der Waals surface area (Å²) in [6.45, 7) is 1.51. The minimum Gasteiger partial charge on any atom is -0.503 e. The third-order valence-corrected chi connectivity index (χ3v) is 4.04. The van der Waals surface area contributed by atoms with Gasteiger partial charge in [-0.25, -0.2) is 0 Å².